The Bertz CT molecular complexity index is 800. The number of sulfonamides is 1. The predicted octanol–water partition coefficient (Wildman–Crippen LogP) is 3.79. The number of hydrogen-bond acceptors (Lipinski definition) is 2. The lowest BCUT2D eigenvalue weighted by Crippen LogP contribution is -2.28. The van der Waals surface area contributed by atoms with Crippen molar-refractivity contribution in [3.05, 3.63) is 64.5 Å². The average molecular weight is 321 g/mol. The lowest BCUT2D eigenvalue weighted by Gasteiger charge is -2.18. The third-order valence-electron chi connectivity index (χ3n) is 3.65. The van der Waals surface area contributed by atoms with Crippen molar-refractivity contribution in [2.75, 3.05) is 0 Å². The fourth-order valence-electron chi connectivity index (χ4n) is 2.59. The molecule has 0 amide bonds. The first-order chi connectivity index (χ1) is 10.2. The quantitative estimate of drug-likeness (QED) is 0.931. The van der Waals surface area contributed by atoms with Gasteiger partial charge in [0.2, 0.25) is 10.0 Å². The maximum atomic E-state index is 13.1. The first-order valence-corrected chi connectivity index (χ1v) is 8.54. The van der Waals surface area contributed by atoms with Gasteiger partial charge in [0.15, 0.2) is 0 Å². The van der Waals surface area contributed by atoms with Gasteiger partial charge < -0.3 is 0 Å². The summed E-state index contributed by atoms with van der Waals surface area (Å²) in [4.78, 5) is 0.102. The van der Waals surface area contributed by atoms with E-state index in [1.807, 2.05) is 32.0 Å². The summed E-state index contributed by atoms with van der Waals surface area (Å²) >= 11 is 0. The first kappa shape index (κ1) is 16.6. The van der Waals surface area contributed by atoms with Crippen LogP contribution in [0.2, 0.25) is 0 Å². The van der Waals surface area contributed by atoms with Gasteiger partial charge in [-0.3, -0.25) is 0 Å². The Labute approximate surface area is 131 Å². The van der Waals surface area contributed by atoms with Crippen LogP contribution in [0.25, 0.3) is 0 Å². The van der Waals surface area contributed by atoms with E-state index >= 15 is 0 Å². The zero-order chi connectivity index (χ0) is 16.5. The molecule has 0 aromatic heterocycles. The van der Waals surface area contributed by atoms with E-state index in [9.17, 15) is 12.8 Å². The van der Waals surface area contributed by atoms with Crippen molar-refractivity contribution in [1.29, 1.82) is 0 Å². The highest BCUT2D eigenvalue weighted by Gasteiger charge is 2.21. The van der Waals surface area contributed by atoms with Gasteiger partial charge in [-0.1, -0.05) is 23.8 Å². The van der Waals surface area contributed by atoms with Crippen molar-refractivity contribution in [2.24, 2.45) is 0 Å². The van der Waals surface area contributed by atoms with E-state index in [-0.39, 0.29) is 10.9 Å². The van der Waals surface area contributed by atoms with Crippen molar-refractivity contribution in [3.8, 4) is 0 Å². The number of benzene rings is 2. The minimum absolute atomic E-state index is 0.102. The summed E-state index contributed by atoms with van der Waals surface area (Å²) in [5.41, 5.74) is 3.48. The van der Waals surface area contributed by atoms with E-state index in [0.29, 0.717) is 5.56 Å². The summed E-state index contributed by atoms with van der Waals surface area (Å²) in [6.45, 7) is 7.33. The molecule has 0 aliphatic carbocycles. The Morgan fingerprint density at radius 2 is 1.68 bits per heavy atom. The van der Waals surface area contributed by atoms with Crippen molar-refractivity contribution in [1.82, 2.24) is 4.72 Å². The zero-order valence-corrected chi connectivity index (χ0v) is 14.0. The highest BCUT2D eigenvalue weighted by molar-refractivity contribution is 7.89. The Hall–Kier alpha value is -1.72. The van der Waals surface area contributed by atoms with Crippen molar-refractivity contribution < 1.29 is 12.8 Å². The molecule has 0 spiro atoms. The van der Waals surface area contributed by atoms with E-state index in [4.69, 9.17) is 0 Å². The predicted molar refractivity (Wildman–Crippen MR) is 85.8 cm³/mol. The van der Waals surface area contributed by atoms with Gasteiger partial charge in [-0.15, -0.1) is 0 Å². The fraction of sp³-hybridized carbons (Fsp3) is 0.294. The molecule has 2 aromatic carbocycles. The van der Waals surface area contributed by atoms with Crippen LogP contribution < -0.4 is 4.72 Å². The largest absolute Gasteiger partial charge is 0.241 e. The molecule has 2 rings (SSSR count). The van der Waals surface area contributed by atoms with E-state index in [0.717, 1.165) is 22.8 Å². The maximum Gasteiger partial charge on any atom is 0.241 e. The molecular weight excluding hydrogens is 301 g/mol. The third-order valence-corrected chi connectivity index (χ3v) is 5.35. The summed E-state index contributed by atoms with van der Waals surface area (Å²) in [5.74, 6) is -0.445. The molecular formula is C17H20FNO2S. The zero-order valence-electron chi connectivity index (χ0n) is 13.1. The third kappa shape index (κ3) is 3.54. The minimum Gasteiger partial charge on any atom is -0.207 e. The molecule has 0 aliphatic heterocycles. The second-order valence-electron chi connectivity index (χ2n) is 5.61. The molecule has 1 N–H and O–H groups in total. The molecule has 0 unspecified atom stereocenters. The normalized spacial score (nSPS) is 13.1. The molecule has 0 fully saturated rings. The van der Waals surface area contributed by atoms with Crippen molar-refractivity contribution >= 4 is 10.0 Å². The van der Waals surface area contributed by atoms with Crippen LogP contribution in [0.3, 0.4) is 0 Å². The summed E-state index contributed by atoms with van der Waals surface area (Å²) in [7, 11) is -3.70. The molecule has 0 saturated carbocycles. The molecule has 0 radical (unpaired) electrons. The van der Waals surface area contributed by atoms with Gasteiger partial charge in [0.05, 0.1) is 4.90 Å². The molecule has 118 valence electrons. The van der Waals surface area contributed by atoms with E-state index in [2.05, 4.69) is 4.72 Å². The van der Waals surface area contributed by atoms with E-state index in [1.54, 1.807) is 13.8 Å². The van der Waals surface area contributed by atoms with Gasteiger partial charge in [-0.2, -0.15) is 0 Å². The lowest BCUT2D eigenvalue weighted by molar-refractivity contribution is 0.565. The van der Waals surface area contributed by atoms with Gasteiger partial charge in [0.25, 0.3) is 0 Å². The van der Waals surface area contributed by atoms with Crippen LogP contribution >= 0.6 is 0 Å². The second-order valence-corrected chi connectivity index (χ2v) is 7.30. The van der Waals surface area contributed by atoms with E-state index < -0.39 is 15.8 Å². The number of hydrogen-bond donors (Lipinski definition) is 1. The number of nitrogens with one attached hydrogen (secondary N) is 1. The Balaban J connectivity index is 2.31. The van der Waals surface area contributed by atoms with Crippen LogP contribution in [0.15, 0.2) is 41.3 Å². The molecule has 0 bridgehead atoms. The molecule has 2 aromatic rings. The standard InChI is InChI=1S/C17H20FNO2S/c1-11-5-7-16(12(2)9-11)14(4)19-22(20,21)17-8-6-15(18)10-13(17)3/h5-10,14,19H,1-4H3/t14-/m0/s1. The number of halogens is 1. The van der Waals surface area contributed by atoms with Gasteiger partial charge in [0, 0.05) is 6.04 Å². The first-order valence-electron chi connectivity index (χ1n) is 7.06. The summed E-state index contributed by atoms with van der Waals surface area (Å²) in [5, 5.41) is 0. The van der Waals surface area contributed by atoms with Crippen LogP contribution in [0.1, 0.15) is 35.2 Å². The van der Waals surface area contributed by atoms with Crippen LogP contribution in [0.4, 0.5) is 4.39 Å². The van der Waals surface area contributed by atoms with Crippen LogP contribution in [-0.4, -0.2) is 8.42 Å². The highest BCUT2D eigenvalue weighted by atomic mass is 32.2. The molecule has 0 saturated heterocycles. The Kier molecular flexibility index (Phi) is 4.68. The number of aryl methyl sites for hydroxylation is 3. The molecule has 5 heteroatoms. The molecule has 3 nitrogen and oxygen atoms in total. The summed E-state index contributed by atoms with van der Waals surface area (Å²) < 4.78 is 40.8. The topological polar surface area (TPSA) is 46.2 Å². The summed E-state index contributed by atoms with van der Waals surface area (Å²) in [6.07, 6.45) is 0. The maximum absolute atomic E-state index is 13.1. The smallest absolute Gasteiger partial charge is 0.207 e. The monoisotopic (exact) mass is 321 g/mol. The van der Waals surface area contributed by atoms with Gasteiger partial charge in [0.1, 0.15) is 5.82 Å². The second kappa shape index (κ2) is 6.18. The van der Waals surface area contributed by atoms with Crippen LogP contribution in [-0.2, 0) is 10.0 Å². The summed E-state index contributed by atoms with van der Waals surface area (Å²) in [6, 6.07) is 9.20. The lowest BCUT2D eigenvalue weighted by atomic mass is 10.0. The SMILES string of the molecule is Cc1ccc([C@H](C)NS(=O)(=O)c2ccc(F)cc2C)c(C)c1. The average Bonchev–Trinajstić information content (AvgIpc) is 2.37. The van der Waals surface area contributed by atoms with Crippen LogP contribution in [0.5, 0.6) is 0 Å². The molecule has 0 heterocycles. The Morgan fingerprint density at radius 1 is 1.00 bits per heavy atom. The minimum atomic E-state index is -3.70. The molecule has 22 heavy (non-hydrogen) atoms. The van der Waals surface area contributed by atoms with Gasteiger partial charge in [-0.05, 0) is 62.6 Å². The van der Waals surface area contributed by atoms with Crippen molar-refractivity contribution in [2.45, 2.75) is 38.6 Å². The fourth-order valence-corrected chi connectivity index (χ4v) is 4.03. The molecule has 0 aliphatic rings. The number of rotatable bonds is 4. The highest BCUT2D eigenvalue weighted by Crippen LogP contribution is 2.22. The van der Waals surface area contributed by atoms with E-state index in [1.165, 1.54) is 12.1 Å². The van der Waals surface area contributed by atoms with Gasteiger partial charge in [-0.25, -0.2) is 17.5 Å². The Morgan fingerprint density at radius 3 is 2.27 bits per heavy atom. The van der Waals surface area contributed by atoms with Crippen LogP contribution in [0, 0.1) is 26.6 Å². The van der Waals surface area contributed by atoms with Gasteiger partial charge >= 0.3 is 0 Å². The molecule has 1 atom stereocenters. The van der Waals surface area contributed by atoms with Crippen molar-refractivity contribution in [3.63, 3.8) is 0 Å².